The quantitative estimate of drug-likeness (QED) is 0.422. The van der Waals surface area contributed by atoms with Gasteiger partial charge in [0, 0.05) is 43.5 Å². The Kier molecular flexibility index (Phi) is 7.79. The second kappa shape index (κ2) is 11.2. The van der Waals surface area contributed by atoms with Crippen LogP contribution in [0, 0.1) is 0 Å². The first-order valence-electron chi connectivity index (χ1n) is 12.1. The number of hydrogen-bond acceptors (Lipinski definition) is 3. The molecule has 1 amide bonds. The molecule has 0 radical (unpaired) electrons. The highest BCUT2D eigenvalue weighted by Gasteiger charge is 2.32. The Morgan fingerprint density at radius 1 is 0.879 bits per heavy atom. The summed E-state index contributed by atoms with van der Waals surface area (Å²) in [5, 5.41) is 0. The fourth-order valence-corrected chi connectivity index (χ4v) is 5.00. The Morgan fingerprint density at radius 2 is 1.42 bits per heavy atom. The number of nitrogens with zero attached hydrogens (tertiary/aromatic N) is 3. The van der Waals surface area contributed by atoms with Crippen LogP contribution in [0.15, 0.2) is 91.0 Å². The Bertz CT molecular complexity index is 985. The lowest BCUT2D eigenvalue weighted by Crippen LogP contribution is -2.55. The molecule has 4 nitrogen and oxygen atoms in total. The molecule has 33 heavy (non-hydrogen) atoms. The van der Waals surface area contributed by atoms with Crippen molar-refractivity contribution < 1.29 is 4.79 Å². The number of benzene rings is 3. The van der Waals surface area contributed by atoms with Crippen LogP contribution in [0.2, 0.25) is 0 Å². The van der Waals surface area contributed by atoms with Crippen LogP contribution in [0.1, 0.15) is 42.6 Å². The van der Waals surface area contributed by atoms with E-state index in [2.05, 4.69) is 84.3 Å². The number of amides is 1. The van der Waals surface area contributed by atoms with E-state index >= 15 is 0 Å². The summed E-state index contributed by atoms with van der Waals surface area (Å²) in [6.45, 7) is 8.05. The van der Waals surface area contributed by atoms with Gasteiger partial charge in [-0.25, -0.2) is 0 Å². The number of rotatable bonds is 8. The van der Waals surface area contributed by atoms with Crippen molar-refractivity contribution in [2.24, 2.45) is 0 Å². The van der Waals surface area contributed by atoms with Crippen LogP contribution >= 0.6 is 0 Å². The molecule has 1 aliphatic heterocycles. The molecule has 0 bridgehead atoms. The molecule has 1 heterocycles. The zero-order valence-corrected chi connectivity index (χ0v) is 19.8. The fourth-order valence-electron chi connectivity index (χ4n) is 5.00. The standard InChI is InChI=1S/C29H35N3O/c1-3-31(29(33)26-15-9-5-10-16-26)24(2)32(27-17-11-6-12-18-27)28-19-21-30(22-20-28)23-25-13-7-4-8-14-25/h4-18,24,28H,3,19-23H2,1-2H3. The molecule has 0 aromatic heterocycles. The molecule has 1 aliphatic rings. The first kappa shape index (κ1) is 23.1. The van der Waals surface area contributed by atoms with Crippen molar-refractivity contribution in [2.75, 3.05) is 24.5 Å². The highest BCUT2D eigenvalue weighted by atomic mass is 16.2. The van der Waals surface area contributed by atoms with E-state index in [9.17, 15) is 4.79 Å². The van der Waals surface area contributed by atoms with Crippen molar-refractivity contribution in [1.29, 1.82) is 0 Å². The van der Waals surface area contributed by atoms with Crippen molar-refractivity contribution in [3.63, 3.8) is 0 Å². The number of anilines is 1. The van der Waals surface area contributed by atoms with E-state index in [4.69, 9.17) is 0 Å². The van der Waals surface area contributed by atoms with Crippen LogP contribution in [-0.2, 0) is 6.54 Å². The lowest BCUT2D eigenvalue weighted by Gasteiger charge is -2.46. The van der Waals surface area contributed by atoms with Crippen LogP contribution in [0.5, 0.6) is 0 Å². The third-order valence-electron chi connectivity index (χ3n) is 6.73. The molecule has 0 N–H and O–H groups in total. The monoisotopic (exact) mass is 441 g/mol. The van der Waals surface area contributed by atoms with Gasteiger partial charge in [-0.2, -0.15) is 0 Å². The van der Waals surface area contributed by atoms with Gasteiger partial charge in [-0.15, -0.1) is 0 Å². The molecule has 0 spiro atoms. The van der Waals surface area contributed by atoms with Gasteiger partial charge in [0.25, 0.3) is 5.91 Å². The van der Waals surface area contributed by atoms with Crippen LogP contribution < -0.4 is 4.90 Å². The van der Waals surface area contributed by atoms with Gasteiger partial charge < -0.3 is 9.80 Å². The molecule has 172 valence electrons. The Balaban J connectivity index is 1.51. The first-order valence-corrected chi connectivity index (χ1v) is 12.1. The van der Waals surface area contributed by atoms with Crippen molar-refractivity contribution in [3.8, 4) is 0 Å². The summed E-state index contributed by atoms with van der Waals surface area (Å²) in [5.41, 5.74) is 3.30. The number of likely N-dealkylation sites (tertiary alicyclic amines) is 1. The van der Waals surface area contributed by atoms with E-state index in [1.54, 1.807) is 0 Å². The van der Waals surface area contributed by atoms with Crippen molar-refractivity contribution in [2.45, 2.75) is 45.4 Å². The number of piperidine rings is 1. The topological polar surface area (TPSA) is 26.8 Å². The average molecular weight is 442 g/mol. The van der Waals surface area contributed by atoms with Crippen LogP contribution in [0.25, 0.3) is 0 Å². The molecule has 0 aliphatic carbocycles. The van der Waals surface area contributed by atoms with Gasteiger partial charge in [-0.3, -0.25) is 9.69 Å². The largest absolute Gasteiger partial charge is 0.348 e. The molecule has 3 aromatic carbocycles. The second-order valence-corrected chi connectivity index (χ2v) is 8.82. The molecule has 1 unspecified atom stereocenters. The first-order chi connectivity index (χ1) is 16.2. The Morgan fingerprint density at radius 3 is 2.00 bits per heavy atom. The minimum absolute atomic E-state index is 0.0317. The van der Waals surface area contributed by atoms with E-state index in [-0.39, 0.29) is 12.1 Å². The second-order valence-electron chi connectivity index (χ2n) is 8.82. The number of carbonyl (C=O) groups is 1. The molecule has 1 saturated heterocycles. The van der Waals surface area contributed by atoms with Gasteiger partial charge in [0.2, 0.25) is 0 Å². The maximum absolute atomic E-state index is 13.4. The molecule has 1 atom stereocenters. The van der Waals surface area contributed by atoms with Gasteiger partial charge in [-0.1, -0.05) is 66.7 Å². The molecule has 4 heteroatoms. The summed E-state index contributed by atoms with van der Waals surface area (Å²) in [6.07, 6.45) is 2.14. The third-order valence-corrected chi connectivity index (χ3v) is 6.73. The van der Waals surface area contributed by atoms with Gasteiger partial charge in [0.05, 0.1) is 0 Å². The third kappa shape index (κ3) is 5.63. The SMILES string of the molecule is CCN(C(=O)c1ccccc1)C(C)N(c1ccccc1)C1CCN(Cc2ccccc2)CC1. The van der Waals surface area contributed by atoms with Crippen LogP contribution in [0.4, 0.5) is 5.69 Å². The summed E-state index contributed by atoms with van der Waals surface area (Å²) < 4.78 is 0. The van der Waals surface area contributed by atoms with Gasteiger partial charge in [0.15, 0.2) is 0 Å². The van der Waals surface area contributed by atoms with E-state index in [1.807, 2.05) is 35.2 Å². The highest BCUT2D eigenvalue weighted by molar-refractivity contribution is 5.94. The number of para-hydroxylation sites is 1. The summed E-state index contributed by atoms with van der Waals surface area (Å²) in [5.74, 6) is 0.0908. The molecular weight excluding hydrogens is 406 g/mol. The Labute approximate surface area is 198 Å². The zero-order chi connectivity index (χ0) is 23.0. The molecule has 1 fully saturated rings. The van der Waals surface area contributed by atoms with Gasteiger partial charge in [-0.05, 0) is 56.5 Å². The average Bonchev–Trinajstić information content (AvgIpc) is 2.87. The normalized spacial score (nSPS) is 15.7. The maximum Gasteiger partial charge on any atom is 0.255 e. The summed E-state index contributed by atoms with van der Waals surface area (Å²) in [7, 11) is 0. The van der Waals surface area contributed by atoms with Crippen molar-refractivity contribution >= 4 is 11.6 Å². The molecular formula is C29H35N3O. The van der Waals surface area contributed by atoms with Crippen LogP contribution in [-0.4, -0.2) is 47.5 Å². The van der Waals surface area contributed by atoms with Gasteiger partial charge >= 0.3 is 0 Å². The van der Waals surface area contributed by atoms with E-state index in [0.717, 1.165) is 38.0 Å². The smallest absolute Gasteiger partial charge is 0.255 e. The summed E-state index contributed by atoms with van der Waals surface area (Å²) in [6, 6.07) is 31.3. The molecule has 3 aromatic rings. The zero-order valence-electron chi connectivity index (χ0n) is 19.8. The predicted molar refractivity (Wildman–Crippen MR) is 136 cm³/mol. The number of carbonyl (C=O) groups excluding carboxylic acids is 1. The van der Waals surface area contributed by atoms with Gasteiger partial charge in [0.1, 0.15) is 6.17 Å². The fraction of sp³-hybridized carbons (Fsp3) is 0.345. The van der Waals surface area contributed by atoms with E-state index in [1.165, 1.54) is 11.3 Å². The minimum atomic E-state index is -0.0317. The lowest BCUT2D eigenvalue weighted by molar-refractivity contribution is 0.0682. The minimum Gasteiger partial charge on any atom is -0.348 e. The summed E-state index contributed by atoms with van der Waals surface area (Å²) >= 11 is 0. The lowest BCUT2D eigenvalue weighted by atomic mass is 10.0. The maximum atomic E-state index is 13.4. The van der Waals surface area contributed by atoms with Crippen LogP contribution in [0.3, 0.4) is 0 Å². The molecule has 0 saturated carbocycles. The van der Waals surface area contributed by atoms with Crippen molar-refractivity contribution in [3.05, 3.63) is 102 Å². The predicted octanol–water partition coefficient (Wildman–Crippen LogP) is 5.67. The van der Waals surface area contributed by atoms with Crippen molar-refractivity contribution in [1.82, 2.24) is 9.80 Å². The molecule has 4 rings (SSSR count). The summed E-state index contributed by atoms with van der Waals surface area (Å²) in [4.78, 5) is 20.4. The number of hydrogen-bond donors (Lipinski definition) is 0. The Hall–Kier alpha value is -3.11. The van der Waals surface area contributed by atoms with E-state index < -0.39 is 0 Å². The highest BCUT2D eigenvalue weighted by Crippen LogP contribution is 2.28. The van der Waals surface area contributed by atoms with E-state index in [0.29, 0.717) is 12.6 Å².